The van der Waals surface area contributed by atoms with Gasteiger partial charge in [-0.15, -0.1) is 0 Å². The summed E-state index contributed by atoms with van der Waals surface area (Å²) in [7, 11) is -3.43. The SMILES string of the molecule is CS(=O)(=O)c1cccc(C(=O)N2CCN(c3cccc(F)c3[N+](=O)[O-])CC2)c1. The number of hydrogen-bond acceptors (Lipinski definition) is 6. The van der Waals surface area contributed by atoms with Crippen molar-refractivity contribution in [3.05, 3.63) is 64.0 Å². The maximum Gasteiger partial charge on any atom is 0.327 e. The largest absolute Gasteiger partial charge is 0.362 e. The van der Waals surface area contributed by atoms with Crippen LogP contribution >= 0.6 is 0 Å². The van der Waals surface area contributed by atoms with E-state index in [4.69, 9.17) is 0 Å². The molecule has 3 rings (SSSR count). The van der Waals surface area contributed by atoms with E-state index in [-0.39, 0.29) is 35.1 Å². The van der Waals surface area contributed by atoms with Crippen LogP contribution in [0.25, 0.3) is 0 Å². The van der Waals surface area contributed by atoms with Crippen LogP contribution in [0.2, 0.25) is 0 Å². The summed E-state index contributed by atoms with van der Waals surface area (Å²) >= 11 is 0. The van der Waals surface area contributed by atoms with Gasteiger partial charge in [-0.1, -0.05) is 12.1 Å². The van der Waals surface area contributed by atoms with Crippen LogP contribution in [0.5, 0.6) is 0 Å². The Hall–Kier alpha value is -3.01. The van der Waals surface area contributed by atoms with Gasteiger partial charge in [-0.2, -0.15) is 4.39 Å². The number of rotatable bonds is 4. The van der Waals surface area contributed by atoms with Crippen molar-refractivity contribution in [1.82, 2.24) is 4.90 Å². The lowest BCUT2D eigenvalue weighted by Crippen LogP contribution is -2.49. The standard InChI is InChI=1S/C18H18FN3O5S/c1-28(26,27)14-5-2-4-13(12-14)18(23)21-10-8-20(9-11-21)16-7-3-6-15(19)17(16)22(24)25/h2-7,12H,8-11H2,1H3. The van der Waals surface area contributed by atoms with Crippen LogP contribution in [0.4, 0.5) is 15.8 Å². The zero-order valence-corrected chi connectivity index (χ0v) is 15.9. The highest BCUT2D eigenvalue weighted by atomic mass is 32.2. The molecule has 0 bridgehead atoms. The molecule has 0 spiro atoms. The number of hydrogen-bond donors (Lipinski definition) is 0. The van der Waals surface area contributed by atoms with Gasteiger partial charge in [0.15, 0.2) is 9.84 Å². The average molecular weight is 407 g/mol. The minimum atomic E-state index is -3.43. The molecule has 1 fully saturated rings. The molecule has 1 heterocycles. The third kappa shape index (κ3) is 3.96. The molecule has 0 unspecified atom stereocenters. The molecule has 1 aliphatic heterocycles. The highest BCUT2D eigenvalue weighted by molar-refractivity contribution is 7.90. The monoisotopic (exact) mass is 407 g/mol. The first-order valence-electron chi connectivity index (χ1n) is 8.46. The summed E-state index contributed by atoms with van der Waals surface area (Å²) in [4.78, 5) is 26.4. The number of nitrogens with zero attached hydrogens (tertiary/aromatic N) is 3. The molecule has 0 N–H and O–H groups in total. The van der Waals surface area contributed by atoms with Gasteiger partial charge in [0.25, 0.3) is 5.91 Å². The highest BCUT2D eigenvalue weighted by Gasteiger charge is 2.28. The third-order valence-electron chi connectivity index (χ3n) is 4.56. The maximum absolute atomic E-state index is 13.8. The number of amides is 1. The lowest BCUT2D eigenvalue weighted by molar-refractivity contribution is -0.386. The smallest absolute Gasteiger partial charge is 0.327 e. The molecule has 0 radical (unpaired) electrons. The van der Waals surface area contributed by atoms with E-state index in [0.29, 0.717) is 13.1 Å². The Balaban J connectivity index is 1.76. The Morgan fingerprint density at radius 1 is 1.11 bits per heavy atom. The molecule has 1 aliphatic rings. The van der Waals surface area contributed by atoms with E-state index < -0.39 is 26.3 Å². The Labute approximate surface area is 161 Å². The van der Waals surface area contributed by atoms with Crippen molar-refractivity contribution in [3.8, 4) is 0 Å². The van der Waals surface area contributed by atoms with Crippen LogP contribution in [0.1, 0.15) is 10.4 Å². The Morgan fingerprint density at radius 2 is 1.75 bits per heavy atom. The second kappa shape index (κ2) is 7.55. The Morgan fingerprint density at radius 3 is 2.36 bits per heavy atom. The Bertz CT molecular complexity index is 1030. The van der Waals surface area contributed by atoms with E-state index >= 15 is 0 Å². The molecule has 8 nitrogen and oxygen atoms in total. The van der Waals surface area contributed by atoms with Gasteiger partial charge in [-0.05, 0) is 30.3 Å². The number of halogens is 1. The second-order valence-electron chi connectivity index (χ2n) is 6.44. The number of nitro benzene ring substituents is 1. The minimum Gasteiger partial charge on any atom is -0.362 e. The van der Waals surface area contributed by atoms with Gasteiger partial charge < -0.3 is 9.80 Å². The molecular formula is C18H18FN3O5S. The van der Waals surface area contributed by atoms with Crippen molar-refractivity contribution in [2.45, 2.75) is 4.90 Å². The minimum absolute atomic E-state index is 0.0624. The van der Waals surface area contributed by atoms with E-state index in [1.54, 1.807) is 15.9 Å². The summed E-state index contributed by atoms with van der Waals surface area (Å²) in [6.45, 7) is 1.13. The van der Waals surface area contributed by atoms with Crippen LogP contribution < -0.4 is 4.90 Å². The Kier molecular flexibility index (Phi) is 5.32. The first kappa shape index (κ1) is 19.7. The zero-order chi connectivity index (χ0) is 20.5. The van der Waals surface area contributed by atoms with Crippen LogP contribution in [0.3, 0.4) is 0 Å². The highest BCUT2D eigenvalue weighted by Crippen LogP contribution is 2.31. The summed E-state index contributed by atoms with van der Waals surface area (Å²) in [5.41, 5.74) is -0.146. The molecule has 0 atom stereocenters. The summed E-state index contributed by atoms with van der Waals surface area (Å²) in [6.07, 6.45) is 1.07. The van der Waals surface area contributed by atoms with Crippen molar-refractivity contribution in [2.75, 3.05) is 37.3 Å². The molecule has 0 aliphatic carbocycles. The number of carbonyl (C=O) groups excluding carboxylic acids is 1. The van der Waals surface area contributed by atoms with Crippen LogP contribution in [0.15, 0.2) is 47.4 Å². The van der Waals surface area contributed by atoms with E-state index in [2.05, 4.69) is 0 Å². The molecular weight excluding hydrogens is 389 g/mol. The fraction of sp³-hybridized carbons (Fsp3) is 0.278. The molecule has 2 aromatic carbocycles. The molecule has 1 saturated heterocycles. The average Bonchev–Trinajstić information content (AvgIpc) is 2.66. The quantitative estimate of drug-likeness (QED) is 0.568. The lowest BCUT2D eigenvalue weighted by atomic mass is 10.1. The molecule has 148 valence electrons. The molecule has 0 aromatic heterocycles. The number of carbonyl (C=O) groups is 1. The molecule has 2 aromatic rings. The van der Waals surface area contributed by atoms with Crippen molar-refractivity contribution in [3.63, 3.8) is 0 Å². The van der Waals surface area contributed by atoms with E-state index in [1.807, 2.05) is 0 Å². The van der Waals surface area contributed by atoms with Crippen molar-refractivity contribution < 1.29 is 22.5 Å². The van der Waals surface area contributed by atoms with Gasteiger partial charge in [-0.3, -0.25) is 14.9 Å². The fourth-order valence-electron chi connectivity index (χ4n) is 3.13. The second-order valence-corrected chi connectivity index (χ2v) is 8.46. The van der Waals surface area contributed by atoms with Crippen molar-refractivity contribution in [1.29, 1.82) is 0 Å². The van der Waals surface area contributed by atoms with Gasteiger partial charge >= 0.3 is 5.69 Å². The molecule has 0 saturated carbocycles. The number of para-hydroxylation sites is 1. The van der Waals surface area contributed by atoms with Gasteiger partial charge in [0.2, 0.25) is 5.82 Å². The van der Waals surface area contributed by atoms with E-state index in [1.165, 1.54) is 30.3 Å². The first-order chi connectivity index (χ1) is 13.2. The predicted molar refractivity (Wildman–Crippen MR) is 101 cm³/mol. The summed E-state index contributed by atoms with van der Waals surface area (Å²) < 4.78 is 37.2. The van der Waals surface area contributed by atoms with Gasteiger partial charge in [-0.25, -0.2) is 8.42 Å². The third-order valence-corrected chi connectivity index (χ3v) is 5.68. The maximum atomic E-state index is 13.8. The predicted octanol–water partition coefficient (Wildman–Crippen LogP) is 2.10. The van der Waals surface area contributed by atoms with E-state index in [0.717, 1.165) is 12.3 Å². The number of piperazine rings is 1. The number of anilines is 1. The number of benzene rings is 2. The molecule has 28 heavy (non-hydrogen) atoms. The van der Waals surface area contributed by atoms with Crippen LogP contribution in [0, 0.1) is 15.9 Å². The summed E-state index contributed by atoms with van der Waals surface area (Å²) in [5, 5.41) is 11.2. The number of sulfone groups is 1. The van der Waals surface area contributed by atoms with Crippen LogP contribution in [-0.2, 0) is 9.84 Å². The van der Waals surface area contributed by atoms with Gasteiger partial charge in [0.1, 0.15) is 5.69 Å². The number of nitro groups is 1. The summed E-state index contributed by atoms with van der Waals surface area (Å²) in [5.74, 6) is -1.22. The lowest BCUT2D eigenvalue weighted by Gasteiger charge is -2.35. The first-order valence-corrected chi connectivity index (χ1v) is 10.3. The van der Waals surface area contributed by atoms with Gasteiger partial charge in [0, 0.05) is 38.0 Å². The van der Waals surface area contributed by atoms with E-state index in [9.17, 15) is 27.7 Å². The van der Waals surface area contributed by atoms with Gasteiger partial charge in [0.05, 0.1) is 9.82 Å². The molecule has 1 amide bonds. The van der Waals surface area contributed by atoms with Crippen molar-refractivity contribution >= 4 is 27.1 Å². The van der Waals surface area contributed by atoms with Crippen LogP contribution in [-0.4, -0.2) is 56.6 Å². The topological polar surface area (TPSA) is 101 Å². The normalized spacial score (nSPS) is 14.8. The zero-order valence-electron chi connectivity index (χ0n) is 15.0. The fourth-order valence-corrected chi connectivity index (χ4v) is 3.80. The molecule has 10 heteroatoms. The summed E-state index contributed by atoms with van der Waals surface area (Å²) in [6, 6.07) is 9.74. The van der Waals surface area contributed by atoms with Crippen molar-refractivity contribution in [2.24, 2.45) is 0 Å².